The van der Waals surface area contributed by atoms with Crippen LogP contribution in [0, 0.1) is 0 Å². The fourth-order valence-corrected chi connectivity index (χ4v) is 3.42. The normalized spacial score (nSPS) is 14.9. The summed E-state index contributed by atoms with van der Waals surface area (Å²) < 4.78 is 6.71. The average molecular weight is 419 g/mol. The van der Waals surface area contributed by atoms with Crippen LogP contribution in [0.15, 0.2) is 54.7 Å². The number of nitrogens with one attached hydrogen (secondary N) is 3. The van der Waals surface area contributed by atoms with E-state index in [0.717, 1.165) is 11.3 Å². The van der Waals surface area contributed by atoms with Gasteiger partial charge in [-0.25, -0.2) is 4.68 Å². The van der Waals surface area contributed by atoms with Crippen LogP contribution in [0.1, 0.15) is 19.4 Å². The number of ether oxygens (including phenoxy) is 1. The number of nitrogens with zero attached hydrogens (tertiary/aromatic N) is 2. The molecule has 3 amide bonds. The highest BCUT2D eigenvalue weighted by Gasteiger charge is 2.33. The minimum absolute atomic E-state index is 0.0213. The first-order chi connectivity index (χ1) is 14.9. The van der Waals surface area contributed by atoms with Gasteiger partial charge in [0, 0.05) is 23.9 Å². The number of aromatic nitrogens is 2. The van der Waals surface area contributed by atoms with Gasteiger partial charge in [-0.3, -0.25) is 14.4 Å². The van der Waals surface area contributed by atoms with Crippen molar-refractivity contribution in [2.24, 2.45) is 0 Å². The number of fused-ring (bicyclic) bond motifs is 1. The summed E-state index contributed by atoms with van der Waals surface area (Å²) in [6.45, 7) is 1.42. The third-order valence-electron chi connectivity index (χ3n) is 4.90. The molecule has 0 fully saturated rings. The van der Waals surface area contributed by atoms with Crippen LogP contribution in [0.4, 0.5) is 17.2 Å². The van der Waals surface area contributed by atoms with E-state index in [4.69, 9.17) is 4.74 Å². The molecule has 3 aromatic rings. The number of hydrogen-bond donors (Lipinski definition) is 3. The van der Waals surface area contributed by atoms with Gasteiger partial charge in [0.1, 0.15) is 17.6 Å². The zero-order valence-electron chi connectivity index (χ0n) is 17.0. The maximum Gasteiger partial charge on any atom is 0.249 e. The molecular formula is C22H21N5O4. The van der Waals surface area contributed by atoms with Crippen molar-refractivity contribution in [3.63, 3.8) is 0 Å². The summed E-state index contributed by atoms with van der Waals surface area (Å²) in [5.41, 5.74) is 2.74. The van der Waals surface area contributed by atoms with Gasteiger partial charge < -0.3 is 20.7 Å². The SMILES string of the molecule is COc1ccc(-c2cnn3c2NC(=O)CC3C(=O)Nc2ccc(NC(C)=O)cc2)cc1. The van der Waals surface area contributed by atoms with E-state index < -0.39 is 6.04 Å². The van der Waals surface area contributed by atoms with Gasteiger partial charge >= 0.3 is 0 Å². The minimum Gasteiger partial charge on any atom is -0.497 e. The molecule has 0 saturated carbocycles. The fourth-order valence-electron chi connectivity index (χ4n) is 3.42. The first-order valence-electron chi connectivity index (χ1n) is 9.65. The number of hydrogen-bond acceptors (Lipinski definition) is 5. The molecule has 0 bridgehead atoms. The molecule has 1 aliphatic heterocycles. The molecular weight excluding hydrogens is 398 g/mol. The second-order valence-corrected chi connectivity index (χ2v) is 7.10. The minimum atomic E-state index is -0.786. The lowest BCUT2D eigenvalue weighted by Gasteiger charge is -2.24. The summed E-state index contributed by atoms with van der Waals surface area (Å²) in [6.07, 6.45) is 1.61. The molecule has 2 aromatic carbocycles. The van der Waals surface area contributed by atoms with Gasteiger partial charge in [-0.1, -0.05) is 12.1 Å². The number of amides is 3. The zero-order valence-corrected chi connectivity index (χ0v) is 17.0. The summed E-state index contributed by atoms with van der Waals surface area (Å²) in [7, 11) is 1.59. The van der Waals surface area contributed by atoms with Crippen LogP contribution in [0.5, 0.6) is 5.75 Å². The molecule has 0 spiro atoms. The summed E-state index contributed by atoms with van der Waals surface area (Å²) in [6, 6.07) is 13.3. The Morgan fingerprint density at radius 3 is 2.32 bits per heavy atom. The number of anilines is 3. The van der Waals surface area contributed by atoms with Crippen molar-refractivity contribution in [3.05, 3.63) is 54.7 Å². The molecule has 158 valence electrons. The van der Waals surface area contributed by atoms with Gasteiger partial charge in [0.05, 0.1) is 19.7 Å². The smallest absolute Gasteiger partial charge is 0.249 e. The molecule has 0 aliphatic carbocycles. The number of carbonyl (C=O) groups is 3. The second-order valence-electron chi connectivity index (χ2n) is 7.10. The maximum atomic E-state index is 12.9. The van der Waals surface area contributed by atoms with Crippen LogP contribution in [0.2, 0.25) is 0 Å². The zero-order chi connectivity index (χ0) is 22.0. The van der Waals surface area contributed by atoms with Gasteiger partial charge in [-0.2, -0.15) is 5.10 Å². The molecule has 2 heterocycles. The van der Waals surface area contributed by atoms with Crippen molar-refractivity contribution in [3.8, 4) is 16.9 Å². The van der Waals surface area contributed by atoms with Crippen molar-refractivity contribution in [2.45, 2.75) is 19.4 Å². The van der Waals surface area contributed by atoms with Crippen LogP contribution in [0.3, 0.4) is 0 Å². The molecule has 9 heteroatoms. The van der Waals surface area contributed by atoms with Crippen LogP contribution in [-0.2, 0) is 14.4 Å². The van der Waals surface area contributed by atoms with Crippen molar-refractivity contribution < 1.29 is 19.1 Å². The topological polar surface area (TPSA) is 114 Å². The molecule has 1 unspecified atom stereocenters. The lowest BCUT2D eigenvalue weighted by molar-refractivity contribution is -0.125. The van der Waals surface area contributed by atoms with E-state index in [0.29, 0.717) is 22.8 Å². The summed E-state index contributed by atoms with van der Waals surface area (Å²) in [5, 5.41) is 12.7. The quantitative estimate of drug-likeness (QED) is 0.588. The van der Waals surface area contributed by atoms with Crippen LogP contribution < -0.4 is 20.7 Å². The van der Waals surface area contributed by atoms with Gasteiger partial charge in [0.15, 0.2) is 0 Å². The Labute approximate surface area is 178 Å². The Morgan fingerprint density at radius 2 is 1.71 bits per heavy atom. The predicted molar refractivity (Wildman–Crippen MR) is 116 cm³/mol. The summed E-state index contributed by atoms with van der Waals surface area (Å²) in [5.74, 6) is 0.402. The molecule has 0 saturated heterocycles. The fraction of sp³-hybridized carbons (Fsp3) is 0.182. The van der Waals surface area contributed by atoms with Crippen molar-refractivity contribution >= 4 is 34.9 Å². The number of methoxy groups -OCH3 is 1. The largest absolute Gasteiger partial charge is 0.497 e. The third-order valence-corrected chi connectivity index (χ3v) is 4.90. The highest BCUT2D eigenvalue weighted by atomic mass is 16.5. The molecule has 1 atom stereocenters. The molecule has 1 aromatic heterocycles. The molecule has 31 heavy (non-hydrogen) atoms. The van der Waals surface area contributed by atoms with Crippen LogP contribution >= 0.6 is 0 Å². The summed E-state index contributed by atoms with van der Waals surface area (Å²) in [4.78, 5) is 36.4. The Morgan fingerprint density at radius 1 is 1.06 bits per heavy atom. The first-order valence-corrected chi connectivity index (χ1v) is 9.65. The second kappa shape index (κ2) is 8.31. The molecule has 1 aliphatic rings. The van der Waals surface area contributed by atoms with E-state index >= 15 is 0 Å². The van der Waals surface area contributed by atoms with E-state index in [2.05, 4.69) is 21.0 Å². The summed E-state index contributed by atoms with van der Waals surface area (Å²) >= 11 is 0. The van der Waals surface area contributed by atoms with Crippen molar-refractivity contribution in [2.75, 3.05) is 23.1 Å². The third kappa shape index (κ3) is 4.25. The molecule has 9 nitrogen and oxygen atoms in total. The number of rotatable bonds is 5. The first kappa shape index (κ1) is 20.1. The molecule has 3 N–H and O–H groups in total. The maximum absolute atomic E-state index is 12.9. The highest BCUT2D eigenvalue weighted by Crippen LogP contribution is 2.35. The van der Waals surface area contributed by atoms with E-state index in [1.165, 1.54) is 11.6 Å². The monoisotopic (exact) mass is 419 g/mol. The van der Waals surface area contributed by atoms with Crippen LogP contribution in [0.25, 0.3) is 11.1 Å². The van der Waals surface area contributed by atoms with Crippen molar-refractivity contribution in [1.29, 1.82) is 0 Å². The van der Waals surface area contributed by atoms with E-state index in [1.54, 1.807) is 37.6 Å². The van der Waals surface area contributed by atoms with E-state index in [9.17, 15) is 14.4 Å². The molecule has 4 rings (SSSR count). The lowest BCUT2D eigenvalue weighted by Crippen LogP contribution is -2.35. The Hall–Kier alpha value is -4.14. The Bertz CT molecular complexity index is 1140. The van der Waals surface area contributed by atoms with Crippen LogP contribution in [-0.4, -0.2) is 34.6 Å². The lowest BCUT2D eigenvalue weighted by atomic mass is 10.1. The van der Waals surface area contributed by atoms with Gasteiger partial charge in [0.25, 0.3) is 0 Å². The van der Waals surface area contributed by atoms with Gasteiger partial charge in [0.2, 0.25) is 17.7 Å². The van der Waals surface area contributed by atoms with E-state index in [1.807, 2.05) is 24.3 Å². The average Bonchev–Trinajstić information content (AvgIpc) is 3.18. The predicted octanol–water partition coefficient (Wildman–Crippen LogP) is 3.04. The van der Waals surface area contributed by atoms with Crippen molar-refractivity contribution in [1.82, 2.24) is 9.78 Å². The van der Waals surface area contributed by atoms with E-state index in [-0.39, 0.29) is 24.1 Å². The van der Waals surface area contributed by atoms with Gasteiger partial charge in [-0.15, -0.1) is 0 Å². The van der Waals surface area contributed by atoms with Gasteiger partial charge in [-0.05, 0) is 42.0 Å². The standard InChI is InChI=1S/C22H21N5O4/c1-13(28)24-15-5-7-16(8-6-15)25-22(30)19-11-20(29)26-21-18(12-23-27(19)21)14-3-9-17(31-2)10-4-14/h3-10,12,19H,11H2,1-2H3,(H,24,28)(H,25,30)(H,26,29). The Balaban J connectivity index is 1.56. The number of carbonyl (C=O) groups excluding carboxylic acids is 3. The molecule has 0 radical (unpaired) electrons. The number of benzene rings is 2. The highest BCUT2D eigenvalue weighted by molar-refractivity contribution is 6.03. The Kier molecular flexibility index (Phi) is 5.40.